The van der Waals surface area contributed by atoms with Gasteiger partial charge in [0.05, 0.1) is 26.1 Å². The Morgan fingerprint density at radius 3 is 2.13 bits per heavy atom. The second-order valence-corrected chi connectivity index (χ2v) is 4.74. The van der Waals surface area contributed by atoms with E-state index in [2.05, 4.69) is 9.97 Å². The molecule has 1 aromatic heterocycles. The summed E-state index contributed by atoms with van der Waals surface area (Å²) in [5.74, 6) is 1.33. The van der Waals surface area contributed by atoms with E-state index in [1.165, 1.54) is 14.2 Å². The lowest BCUT2D eigenvalue weighted by Crippen LogP contribution is -1.91. The monoisotopic (exact) mass is 332 g/mol. The number of nitrogens with zero attached hydrogens (tertiary/aromatic N) is 1. The molecule has 6 heteroatoms. The number of methoxy groups -OCH3 is 2. The van der Waals surface area contributed by atoms with Crippen LogP contribution in [0.25, 0.3) is 22.6 Å². The number of aromatic nitrogens is 2. The SMILES string of the molecule is COc1cc(-c2ncc(-c3ccccc3)[nH]2)cc(OC)c1O.Cl. The summed E-state index contributed by atoms with van der Waals surface area (Å²) in [4.78, 5) is 7.66. The van der Waals surface area contributed by atoms with Crippen molar-refractivity contribution in [3.63, 3.8) is 0 Å². The fourth-order valence-corrected chi connectivity index (χ4v) is 2.26. The molecule has 0 unspecified atom stereocenters. The molecule has 0 saturated carbocycles. The Hall–Kier alpha value is -2.66. The first-order valence-electron chi connectivity index (χ1n) is 6.78. The van der Waals surface area contributed by atoms with Crippen LogP contribution in [0, 0.1) is 0 Å². The van der Waals surface area contributed by atoms with Gasteiger partial charge in [-0.25, -0.2) is 4.98 Å². The number of rotatable bonds is 4. The molecule has 0 aliphatic rings. The largest absolute Gasteiger partial charge is 0.502 e. The average molecular weight is 333 g/mol. The molecule has 0 aliphatic carbocycles. The summed E-state index contributed by atoms with van der Waals surface area (Å²) in [5.41, 5.74) is 2.74. The predicted octanol–water partition coefficient (Wildman–Crippen LogP) is 3.89. The fourth-order valence-electron chi connectivity index (χ4n) is 2.26. The molecule has 0 aliphatic heterocycles. The van der Waals surface area contributed by atoms with Crippen molar-refractivity contribution in [3.05, 3.63) is 48.7 Å². The van der Waals surface area contributed by atoms with Crippen LogP contribution < -0.4 is 9.47 Å². The van der Waals surface area contributed by atoms with Crippen LogP contribution in [0.5, 0.6) is 17.2 Å². The molecule has 3 aromatic rings. The lowest BCUT2D eigenvalue weighted by Gasteiger charge is -2.10. The summed E-state index contributed by atoms with van der Waals surface area (Å²) in [5, 5.41) is 9.96. The van der Waals surface area contributed by atoms with Crippen LogP contribution in [-0.4, -0.2) is 29.3 Å². The summed E-state index contributed by atoms with van der Waals surface area (Å²) in [6, 6.07) is 13.4. The number of nitrogens with one attached hydrogen (secondary N) is 1. The Labute approximate surface area is 140 Å². The van der Waals surface area contributed by atoms with Crippen LogP contribution in [0.3, 0.4) is 0 Å². The number of phenols is 1. The molecule has 23 heavy (non-hydrogen) atoms. The Morgan fingerprint density at radius 2 is 1.57 bits per heavy atom. The van der Waals surface area contributed by atoms with Gasteiger partial charge in [0.2, 0.25) is 5.75 Å². The van der Waals surface area contributed by atoms with E-state index >= 15 is 0 Å². The van der Waals surface area contributed by atoms with Crippen LogP contribution in [0.15, 0.2) is 48.7 Å². The predicted molar refractivity (Wildman–Crippen MR) is 91.5 cm³/mol. The molecular formula is C17H17ClN2O3. The van der Waals surface area contributed by atoms with E-state index in [1.807, 2.05) is 30.3 Å². The zero-order valence-corrected chi connectivity index (χ0v) is 13.6. The Kier molecular flexibility index (Phi) is 5.13. The minimum Gasteiger partial charge on any atom is -0.502 e. The smallest absolute Gasteiger partial charge is 0.200 e. The number of aromatic hydroxyl groups is 1. The van der Waals surface area contributed by atoms with Crippen LogP contribution in [0.4, 0.5) is 0 Å². The number of benzene rings is 2. The maximum atomic E-state index is 9.96. The summed E-state index contributed by atoms with van der Waals surface area (Å²) < 4.78 is 10.3. The quantitative estimate of drug-likeness (QED) is 0.760. The first-order chi connectivity index (χ1) is 10.7. The number of phenolic OH excluding ortho intramolecular Hbond substituents is 1. The third-order valence-corrected chi connectivity index (χ3v) is 3.41. The number of aromatic amines is 1. The normalized spacial score (nSPS) is 10.0. The van der Waals surface area contributed by atoms with E-state index in [0.29, 0.717) is 17.3 Å². The molecule has 0 atom stereocenters. The maximum Gasteiger partial charge on any atom is 0.200 e. The van der Waals surface area contributed by atoms with E-state index in [9.17, 15) is 5.11 Å². The van der Waals surface area contributed by atoms with E-state index < -0.39 is 0 Å². The highest BCUT2D eigenvalue weighted by atomic mass is 35.5. The zero-order valence-electron chi connectivity index (χ0n) is 12.7. The Balaban J connectivity index is 0.00000192. The topological polar surface area (TPSA) is 67.4 Å². The number of H-pyrrole nitrogens is 1. The summed E-state index contributed by atoms with van der Waals surface area (Å²) >= 11 is 0. The number of hydrogen-bond acceptors (Lipinski definition) is 4. The molecule has 0 saturated heterocycles. The van der Waals surface area contributed by atoms with Crippen molar-refractivity contribution in [3.8, 4) is 39.9 Å². The van der Waals surface area contributed by atoms with Crippen molar-refractivity contribution in [1.29, 1.82) is 0 Å². The highest BCUT2D eigenvalue weighted by Gasteiger charge is 2.14. The first-order valence-corrected chi connectivity index (χ1v) is 6.78. The van der Waals surface area contributed by atoms with E-state index in [-0.39, 0.29) is 18.2 Å². The van der Waals surface area contributed by atoms with Crippen molar-refractivity contribution < 1.29 is 14.6 Å². The third kappa shape index (κ3) is 3.24. The molecule has 3 rings (SSSR count). The van der Waals surface area contributed by atoms with E-state index in [0.717, 1.165) is 16.8 Å². The lowest BCUT2D eigenvalue weighted by atomic mass is 10.1. The van der Waals surface area contributed by atoms with Gasteiger partial charge < -0.3 is 19.6 Å². The van der Waals surface area contributed by atoms with Crippen molar-refractivity contribution >= 4 is 12.4 Å². The van der Waals surface area contributed by atoms with E-state index in [4.69, 9.17) is 9.47 Å². The average Bonchev–Trinajstić information content (AvgIpc) is 3.06. The molecule has 0 radical (unpaired) electrons. The van der Waals surface area contributed by atoms with Gasteiger partial charge in [0.25, 0.3) is 0 Å². The summed E-state index contributed by atoms with van der Waals surface area (Å²) in [7, 11) is 2.99. The Bertz CT molecular complexity index is 763. The summed E-state index contributed by atoms with van der Waals surface area (Å²) in [6.45, 7) is 0. The third-order valence-electron chi connectivity index (χ3n) is 3.41. The summed E-state index contributed by atoms with van der Waals surface area (Å²) in [6.07, 6.45) is 1.77. The van der Waals surface area contributed by atoms with Gasteiger partial charge in [0, 0.05) is 5.56 Å². The molecule has 2 aromatic carbocycles. The van der Waals surface area contributed by atoms with Crippen LogP contribution in [0.2, 0.25) is 0 Å². The molecule has 0 spiro atoms. The highest BCUT2D eigenvalue weighted by molar-refractivity contribution is 5.85. The number of hydrogen-bond donors (Lipinski definition) is 2. The van der Waals surface area contributed by atoms with Crippen molar-refractivity contribution in [2.45, 2.75) is 0 Å². The van der Waals surface area contributed by atoms with Gasteiger partial charge in [-0.15, -0.1) is 12.4 Å². The van der Waals surface area contributed by atoms with Crippen molar-refractivity contribution in [2.75, 3.05) is 14.2 Å². The van der Waals surface area contributed by atoms with Gasteiger partial charge in [-0.1, -0.05) is 30.3 Å². The minimum absolute atomic E-state index is 0. The highest BCUT2D eigenvalue weighted by Crippen LogP contribution is 2.39. The maximum absolute atomic E-state index is 9.96. The minimum atomic E-state index is -0.0245. The molecule has 0 bridgehead atoms. The van der Waals surface area contributed by atoms with Gasteiger partial charge in [-0.2, -0.15) is 0 Å². The fraction of sp³-hybridized carbons (Fsp3) is 0.118. The number of ether oxygens (including phenoxy) is 2. The van der Waals surface area contributed by atoms with Gasteiger partial charge in [0.1, 0.15) is 5.82 Å². The van der Waals surface area contributed by atoms with Crippen LogP contribution >= 0.6 is 12.4 Å². The molecule has 5 nitrogen and oxygen atoms in total. The molecule has 1 heterocycles. The van der Waals surface area contributed by atoms with E-state index in [1.54, 1.807) is 18.3 Å². The van der Waals surface area contributed by atoms with Crippen molar-refractivity contribution in [2.24, 2.45) is 0 Å². The lowest BCUT2D eigenvalue weighted by molar-refractivity contribution is 0.340. The van der Waals surface area contributed by atoms with Gasteiger partial charge in [-0.05, 0) is 17.7 Å². The van der Waals surface area contributed by atoms with Gasteiger partial charge in [0.15, 0.2) is 11.5 Å². The zero-order chi connectivity index (χ0) is 15.5. The number of halogens is 1. The Morgan fingerprint density at radius 1 is 0.957 bits per heavy atom. The number of imidazole rings is 1. The van der Waals surface area contributed by atoms with Crippen molar-refractivity contribution in [1.82, 2.24) is 9.97 Å². The second-order valence-electron chi connectivity index (χ2n) is 4.74. The molecule has 0 fully saturated rings. The van der Waals surface area contributed by atoms with Crippen LogP contribution in [-0.2, 0) is 0 Å². The molecule has 0 amide bonds. The van der Waals surface area contributed by atoms with Crippen LogP contribution in [0.1, 0.15) is 0 Å². The first kappa shape index (κ1) is 16.7. The molecule has 2 N–H and O–H groups in total. The molecule has 120 valence electrons. The standard InChI is InChI=1S/C17H16N2O3.ClH/c1-21-14-8-12(9-15(22-2)16(14)20)17-18-10-13(19-17)11-6-4-3-5-7-11;/h3-10,20H,1-2H3,(H,18,19);1H. The second kappa shape index (κ2) is 7.07. The van der Waals surface area contributed by atoms with Gasteiger partial charge in [-0.3, -0.25) is 0 Å². The van der Waals surface area contributed by atoms with Gasteiger partial charge >= 0.3 is 0 Å². The molecular weight excluding hydrogens is 316 g/mol.